The Balaban J connectivity index is 2.48. The van der Waals surface area contributed by atoms with Crippen LogP contribution in [0.4, 0.5) is 5.82 Å². The van der Waals surface area contributed by atoms with Crippen LogP contribution >= 0.6 is 22.6 Å². The maximum absolute atomic E-state index is 6.01. The summed E-state index contributed by atoms with van der Waals surface area (Å²) in [6.07, 6.45) is 1.16. The van der Waals surface area contributed by atoms with E-state index in [1.807, 2.05) is 0 Å². The highest BCUT2D eigenvalue weighted by Crippen LogP contribution is 2.57. The molecule has 3 nitrogen and oxygen atoms in total. The summed E-state index contributed by atoms with van der Waals surface area (Å²) in [5, 5.41) is 0. The molecule has 17 heavy (non-hydrogen) atoms. The van der Waals surface area contributed by atoms with E-state index >= 15 is 0 Å². The topological polar surface area (TPSA) is 51.8 Å². The molecule has 2 rings (SSSR count). The highest BCUT2D eigenvalue weighted by molar-refractivity contribution is 14.1. The molecule has 2 N–H and O–H groups in total. The van der Waals surface area contributed by atoms with E-state index in [0.717, 1.165) is 21.5 Å². The quantitative estimate of drug-likeness (QED) is 0.793. The first-order valence-electron chi connectivity index (χ1n) is 5.96. The first kappa shape index (κ1) is 13.1. The van der Waals surface area contributed by atoms with Gasteiger partial charge < -0.3 is 5.73 Å². The molecule has 1 saturated carbocycles. The van der Waals surface area contributed by atoms with Gasteiger partial charge in [0.2, 0.25) is 0 Å². The molecule has 0 aliphatic heterocycles. The zero-order valence-corrected chi connectivity index (χ0v) is 13.3. The number of aromatic nitrogens is 2. The van der Waals surface area contributed by atoms with Crippen LogP contribution in [0, 0.1) is 8.99 Å². The lowest BCUT2D eigenvalue weighted by atomic mass is 9.91. The van der Waals surface area contributed by atoms with Gasteiger partial charge in [-0.25, -0.2) is 9.97 Å². The number of nitrogens with zero attached hydrogens (tertiary/aromatic N) is 2. The first-order valence-corrected chi connectivity index (χ1v) is 7.04. The average molecular weight is 345 g/mol. The minimum atomic E-state index is 0.0152. The van der Waals surface area contributed by atoms with Crippen molar-refractivity contribution in [3.63, 3.8) is 0 Å². The van der Waals surface area contributed by atoms with Crippen molar-refractivity contribution in [3.8, 4) is 0 Å². The molecule has 1 aromatic heterocycles. The molecular formula is C13H20IN3. The molecule has 1 unspecified atom stereocenters. The van der Waals surface area contributed by atoms with Gasteiger partial charge in [-0.15, -0.1) is 0 Å². The molecule has 0 aromatic carbocycles. The Morgan fingerprint density at radius 3 is 2.24 bits per heavy atom. The molecule has 0 saturated heterocycles. The van der Waals surface area contributed by atoms with Gasteiger partial charge in [-0.3, -0.25) is 0 Å². The number of hydrogen-bond acceptors (Lipinski definition) is 3. The Bertz CT molecular complexity index is 460. The predicted molar refractivity (Wildman–Crippen MR) is 79.0 cm³/mol. The van der Waals surface area contributed by atoms with Crippen molar-refractivity contribution in [2.75, 3.05) is 5.73 Å². The second-order valence-corrected chi connectivity index (χ2v) is 7.70. The van der Waals surface area contributed by atoms with Crippen molar-refractivity contribution < 1.29 is 0 Å². The predicted octanol–water partition coefficient (Wildman–Crippen LogP) is 3.47. The third-order valence-electron chi connectivity index (χ3n) is 3.43. The van der Waals surface area contributed by atoms with Gasteiger partial charge in [-0.2, -0.15) is 0 Å². The van der Waals surface area contributed by atoms with Crippen LogP contribution in [0.2, 0.25) is 0 Å². The molecule has 1 aliphatic carbocycles. The molecule has 1 fully saturated rings. The molecular weight excluding hydrogens is 325 g/mol. The van der Waals surface area contributed by atoms with Crippen LogP contribution < -0.4 is 5.73 Å². The van der Waals surface area contributed by atoms with Crippen LogP contribution in [0.25, 0.3) is 0 Å². The Hall–Kier alpha value is -0.390. The van der Waals surface area contributed by atoms with Gasteiger partial charge in [0.1, 0.15) is 11.6 Å². The summed E-state index contributed by atoms with van der Waals surface area (Å²) >= 11 is 2.25. The van der Waals surface area contributed by atoms with Crippen molar-refractivity contribution in [1.29, 1.82) is 0 Å². The van der Waals surface area contributed by atoms with Crippen LogP contribution in [0.5, 0.6) is 0 Å². The Labute approximate surface area is 117 Å². The van der Waals surface area contributed by atoms with Crippen LogP contribution in [-0.2, 0) is 5.41 Å². The summed E-state index contributed by atoms with van der Waals surface area (Å²) in [6, 6.07) is 0. The third-order valence-corrected chi connectivity index (χ3v) is 4.49. The first-order chi connectivity index (χ1) is 7.63. The average Bonchev–Trinajstić information content (AvgIpc) is 2.78. The van der Waals surface area contributed by atoms with Crippen molar-refractivity contribution in [3.05, 3.63) is 15.1 Å². The molecule has 1 aliphatic rings. The molecule has 4 heteroatoms. The smallest absolute Gasteiger partial charge is 0.140 e. The van der Waals surface area contributed by atoms with Crippen molar-refractivity contribution in [2.45, 2.75) is 52.4 Å². The fraction of sp³-hybridized carbons (Fsp3) is 0.692. The highest BCUT2D eigenvalue weighted by Gasteiger charge is 2.49. The summed E-state index contributed by atoms with van der Waals surface area (Å²) in [7, 11) is 0. The largest absolute Gasteiger partial charge is 0.383 e. The summed E-state index contributed by atoms with van der Waals surface area (Å²) < 4.78 is 0.998. The minimum absolute atomic E-state index is 0.0152. The fourth-order valence-corrected chi connectivity index (χ4v) is 3.09. The molecule has 94 valence electrons. The van der Waals surface area contributed by atoms with Gasteiger partial charge in [0.05, 0.1) is 9.26 Å². The van der Waals surface area contributed by atoms with E-state index in [0.29, 0.717) is 17.2 Å². The van der Waals surface area contributed by atoms with Gasteiger partial charge in [-0.05, 0) is 34.4 Å². The van der Waals surface area contributed by atoms with Gasteiger partial charge in [0.15, 0.2) is 0 Å². The maximum Gasteiger partial charge on any atom is 0.140 e. The third kappa shape index (κ3) is 2.41. The summed E-state index contributed by atoms with van der Waals surface area (Å²) in [5.41, 5.74) is 7.44. The molecule has 1 heterocycles. The van der Waals surface area contributed by atoms with Gasteiger partial charge in [0, 0.05) is 11.3 Å². The van der Waals surface area contributed by atoms with Gasteiger partial charge >= 0.3 is 0 Å². The van der Waals surface area contributed by atoms with E-state index in [4.69, 9.17) is 10.7 Å². The number of nitrogen functional groups attached to an aromatic ring is 1. The molecule has 1 atom stereocenters. The second kappa shape index (κ2) is 3.80. The van der Waals surface area contributed by atoms with E-state index in [1.54, 1.807) is 0 Å². The van der Waals surface area contributed by atoms with Crippen molar-refractivity contribution in [1.82, 2.24) is 9.97 Å². The van der Waals surface area contributed by atoms with E-state index in [1.165, 1.54) is 0 Å². The molecule has 0 amide bonds. The van der Waals surface area contributed by atoms with E-state index in [-0.39, 0.29) is 5.41 Å². The van der Waals surface area contributed by atoms with Crippen LogP contribution in [0.1, 0.15) is 58.5 Å². The van der Waals surface area contributed by atoms with Crippen molar-refractivity contribution in [2.24, 2.45) is 5.41 Å². The zero-order valence-electron chi connectivity index (χ0n) is 11.1. The van der Waals surface area contributed by atoms with Crippen molar-refractivity contribution >= 4 is 28.4 Å². The molecule has 0 radical (unpaired) electrons. The standard InChI is InChI=1S/C13H20IN3/c1-12(2,3)9-8(14)10(15)17-11(16-9)7-6-13(7,4)5/h7H,6H2,1-5H3,(H2,15,16,17). The van der Waals surface area contributed by atoms with Crippen LogP contribution in [0.3, 0.4) is 0 Å². The van der Waals surface area contributed by atoms with Crippen LogP contribution in [0.15, 0.2) is 0 Å². The number of nitrogens with two attached hydrogens (primary N) is 1. The normalized spacial score (nSPS) is 22.6. The van der Waals surface area contributed by atoms with Crippen LogP contribution in [-0.4, -0.2) is 9.97 Å². The molecule has 0 bridgehead atoms. The summed E-state index contributed by atoms with van der Waals surface area (Å²) in [5.74, 6) is 2.03. The lowest BCUT2D eigenvalue weighted by molar-refractivity contribution is 0.550. The lowest BCUT2D eigenvalue weighted by Gasteiger charge is -2.21. The zero-order chi connectivity index (χ0) is 13.0. The molecule has 0 spiro atoms. The Kier molecular flexibility index (Phi) is 2.92. The Morgan fingerprint density at radius 2 is 1.82 bits per heavy atom. The number of anilines is 1. The SMILES string of the molecule is CC(C)(C)c1nc(C2CC2(C)C)nc(N)c1I. The Morgan fingerprint density at radius 1 is 1.29 bits per heavy atom. The number of halogens is 1. The summed E-state index contributed by atoms with van der Waals surface area (Å²) in [4.78, 5) is 9.23. The second-order valence-electron chi connectivity index (χ2n) is 6.62. The van der Waals surface area contributed by atoms with E-state index in [2.05, 4.69) is 62.2 Å². The number of rotatable bonds is 1. The van der Waals surface area contributed by atoms with E-state index in [9.17, 15) is 0 Å². The van der Waals surface area contributed by atoms with Gasteiger partial charge in [-0.1, -0.05) is 34.6 Å². The highest BCUT2D eigenvalue weighted by atomic mass is 127. The monoisotopic (exact) mass is 345 g/mol. The fourth-order valence-electron chi connectivity index (χ4n) is 2.04. The lowest BCUT2D eigenvalue weighted by Crippen LogP contribution is -2.19. The summed E-state index contributed by atoms with van der Waals surface area (Å²) in [6.45, 7) is 11.0. The minimum Gasteiger partial charge on any atom is -0.383 e. The number of hydrogen-bond donors (Lipinski definition) is 1. The maximum atomic E-state index is 6.01. The van der Waals surface area contributed by atoms with Gasteiger partial charge in [0.25, 0.3) is 0 Å². The van der Waals surface area contributed by atoms with E-state index < -0.39 is 0 Å². The molecule has 1 aromatic rings.